The van der Waals surface area contributed by atoms with Gasteiger partial charge in [-0.05, 0) is 49.4 Å². The summed E-state index contributed by atoms with van der Waals surface area (Å²) in [6, 6.07) is 4.25. The van der Waals surface area contributed by atoms with Crippen molar-refractivity contribution in [1.29, 1.82) is 0 Å². The first-order valence-electron chi connectivity index (χ1n) is 7.65. The largest absolute Gasteiger partial charge is 0.299 e. The topological polar surface area (TPSA) is 54.5 Å². The van der Waals surface area contributed by atoms with Crippen LogP contribution in [0.5, 0.6) is 0 Å². The van der Waals surface area contributed by atoms with Gasteiger partial charge in [0.15, 0.2) is 0 Å². The summed E-state index contributed by atoms with van der Waals surface area (Å²) in [5, 5.41) is 0. The fraction of sp³-hybridized carbons (Fsp3) is 0.471. The number of halogens is 1. The Morgan fingerprint density at radius 1 is 1.09 bits per heavy atom. The highest BCUT2D eigenvalue weighted by Crippen LogP contribution is 2.52. The second-order valence-corrected chi connectivity index (χ2v) is 6.61. The maximum absolute atomic E-state index is 13.4. The lowest BCUT2D eigenvalue weighted by atomic mass is 9.59. The molecule has 4 aliphatic rings. The van der Waals surface area contributed by atoms with E-state index in [0.717, 1.165) is 6.42 Å². The zero-order chi connectivity index (χ0) is 15.6. The molecule has 0 radical (unpaired) electrons. The van der Waals surface area contributed by atoms with E-state index in [9.17, 15) is 18.8 Å². The number of benzene rings is 1. The summed E-state index contributed by atoms with van der Waals surface area (Å²) in [6.45, 7) is 1.60. The third-order valence-electron chi connectivity index (χ3n) is 5.46. The van der Waals surface area contributed by atoms with E-state index in [-0.39, 0.29) is 41.2 Å². The van der Waals surface area contributed by atoms with Crippen LogP contribution in [0.25, 0.3) is 0 Å². The summed E-state index contributed by atoms with van der Waals surface area (Å²) in [5.74, 6) is -1.94. The smallest absolute Gasteiger partial charge is 0.238 e. The van der Waals surface area contributed by atoms with E-state index in [2.05, 4.69) is 0 Å². The summed E-state index contributed by atoms with van der Waals surface area (Å²) in [7, 11) is 0. The molecular weight excluding hydrogens is 285 g/mol. The molecule has 22 heavy (non-hydrogen) atoms. The molecule has 1 saturated heterocycles. The predicted molar refractivity (Wildman–Crippen MR) is 76.4 cm³/mol. The predicted octanol–water partition coefficient (Wildman–Crippen LogP) is 2.24. The molecule has 1 aromatic carbocycles. The highest BCUT2D eigenvalue weighted by Gasteiger charge is 2.60. The first-order valence-corrected chi connectivity index (χ1v) is 7.65. The first kappa shape index (κ1) is 13.6. The average molecular weight is 301 g/mol. The van der Waals surface area contributed by atoms with Crippen molar-refractivity contribution in [3.63, 3.8) is 0 Å². The van der Waals surface area contributed by atoms with Crippen LogP contribution >= 0.6 is 0 Å². The van der Waals surface area contributed by atoms with E-state index in [1.165, 1.54) is 23.1 Å². The molecule has 114 valence electrons. The molecule has 0 unspecified atom stereocenters. The van der Waals surface area contributed by atoms with Crippen molar-refractivity contribution >= 4 is 23.3 Å². The highest BCUT2D eigenvalue weighted by atomic mass is 19.1. The van der Waals surface area contributed by atoms with Crippen LogP contribution < -0.4 is 4.90 Å². The van der Waals surface area contributed by atoms with Gasteiger partial charge in [0.1, 0.15) is 11.6 Å². The zero-order valence-electron chi connectivity index (χ0n) is 12.2. The van der Waals surface area contributed by atoms with Gasteiger partial charge in [-0.2, -0.15) is 0 Å². The van der Waals surface area contributed by atoms with Gasteiger partial charge in [0.05, 0.1) is 17.5 Å². The molecule has 1 heterocycles. The molecule has 1 aliphatic heterocycles. The number of nitrogens with zero attached hydrogens (tertiary/aromatic N) is 1. The number of carbonyl (C=O) groups excluding carboxylic acids is 3. The van der Waals surface area contributed by atoms with Crippen molar-refractivity contribution in [2.24, 2.45) is 23.7 Å². The summed E-state index contributed by atoms with van der Waals surface area (Å²) in [4.78, 5) is 38.7. The van der Waals surface area contributed by atoms with Gasteiger partial charge in [0.25, 0.3) is 0 Å². The lowest BCUT2D eigenvalue weighted by Crippen LogP contribution is -2.46. The van der Waals surface area contributed by atoms with Crippen molar-refractivity contribution in [2.45, 2.75) is 26.2 Å². The van der Waals surface area contributed by atoms with E-state index in [0.29, 0.717) is 24.1 Å². The minimum atomic E-state index is -0.502. The number of rotatable bonds is 1. The average Bonchev–Trinajstić information content (AvgIpc) is 2.76. The summed E-state index contributed by atoms with van der Waals surface area (Å²) < 4.78 is 13.4. The van der Waals surface area contributed by atoms with Gasteiger partial charge in [-0.15, -0.1) is 0 Å². The van der Waals surface area contributed by atoms with Crippen LogP contribution in [-0.2, 0) is 14.4 Å². The van der Waals surface area contributed by atoms with Gasteiger partial charge < -0.3 is 0 Å². The molecule has 0 spiro atoms. The lowest BCUT2D eigenvalue weighted by molar-refractivity contribution is -0.143. The molecule has 4 nitrogen and oxygen atoms in total. The Labute approximate surface area is 127 Å². The number of imide groups is 1. The van der Waals surface area contributed by atoms with E-state index in [4.69, 9.17) is 0 Å². The zero-order valence-corrected chi connectivity index (χ0v) is 12.2. The Balaban J connectivity index is 1.77. The fourth-order valence-corrected chi connectivity index (χ4v) is 4.41. The number of fused-ring (bicyclic) bond motifs is 2. The molecule has 2 bridgehead atoms. The Hall–Kier alpha value is -2.04. The summed E-state index contributed by atoms with van der Waals surface area (Å²) in [5.41, 5.74) is 0.808. The Morgan fingerprint density at radius 3 is 2.50 bits per heavy atom. The van der Waals surface area contributed by atoms with Crippen molar-refractivity contribution < 1.29 is 18.8 Å². The number of carbonyl (C=O) groups is 3. The third kappa shape index (κ3) is 1.65. The number of ketones is 1. The Bertz CT molecular complexity index is 714. The number of Topliss-reactive ketones (excluding diaryl/α,β-unsaturated/α-hetero) is 1. The monoisotopic (exact) mass is 301 g/mol. The normalized spacial score (nSPS) is 33.5. The standard InChI is InChI=1S/C17H16FNO3/c1-8-6-10(3-5-12(8)18)19-16(21)14-9-2-4-11(13(20)7-9)15(14)17(19)22/h3,5-6,9,11,14-15H,2,4,7H2,1H3/t9-,11+,14+,15-/m0/s1. The number of aryl methyl sites for hydroxylation is 1. The molecule has 4 atom stereocenters. The van der Waals surface area contributed by atoms with Gasteiger partial charge in [-0.3, -0.25) is 19.3 Å². The van der Waals surface area contributed by atoms with Crippen LogP contribution in [-0.4, -0.2) is 17.6 Å². The molecule has 5 heteroatoms. The molecule has 2 amide bonds. The number of hydrogen-bond donors (Lipinski definition) is 0. The quantitative estimate of drug-likeness (QED) is 0.748. The van der Waals surface area contributed by atoms with Crippen LogP contribution in [0.1, 0.15) is 24.8 Å². The van der Waals surface area contributed by atoms with E-state index >= 15 is 0 Å². The molecule has 5 rings (SSSR count). The summed E-state index contributed by atoms with van der Waals surface area (Å²) in [6.07, 6.45) is 1.97. The number of hydrogen-bond acceptors (Lipinski definition) is 3. The van der Waals surface area contributed by atoms with Crippen LogP contribution in [0.15, 0.2) is 18.2 Å². The minimum absolute atomic E-state index is 0.00880. The minimum Gasteiger partial charge on any atom is -0.299 e. The van der Waals surface area contributed by atoms with Gasteiger partial charge in [-0.1, -0.05) is 0 Å². The second kappa shape index (κ2) is 4.48. The van der Waals surface area contributed by atoms with Crippen molar-refractivity contribution in [2.75, 3.05) is 4.90 Å². The molecule has 0 aromatic heterocycles. The Kier molecular flexibility index (Phi) is 2.77. The van der Waals surface area contributed by atoms with E-state index in [1.807, 2.05) is 0 Å². The lowest BCUT2D eigenvalue weighted by Gasteiger charge is -2.41. The molecule has 3 saturated carbocycles. The van der Waals surface area contributed by atoms with Crippen molar-refractivity contribution in [3.05, 3.63) is 29.6 Å². The molecule has 0 N–H and O–H groups in total. The SMILES string of the molecule is Cc1cc(N2C(=O)[C@@H]3[C@H]4CC[C@H](C(=O)C4)[C@@H]3C2=O)ccc1F. The molecule has 1 aromatic rings. The third-order valence-corrected chi connectivity index (χ3v) is 5.46. The van der Waals surface area contributed by atoms with E-state index < -0.39 is 5.92 Å². The Morgan fingerprint density at radius 2 is 1.82 bits per heavy atom. The summed E-state index contributed by atoms with van der Waals surface area (Å²) >= 11 is 0. The van der Waals surface area contributed by atoms with Crippen LogP contribution in [0.4, 0.5) is 10.1 Å². The molecular formula is C17H16FNO3. The van der Waals surface area contributed by atoms with Crippen LogP contribution in [0.3, 0.4) is 0 Å². The first-order chi connectivity index (χ1) is 10.5. The van der Waals surface area contributed by atoms with E-state index in [1.54, 1.807) is 6.92 Å². The molecule has 4 fully saturated rings. The molecule has 3 aliphatic carbocycles. The second-order valence-electron chi connectivity index (χ2n) is 6.61. The van der Waals surface area contributed by atoms with Gasteiger partial charge in [0, 0.05) is 12.3 Å². The number of anilines is 1. The van der Waals surface area contributed by atoms with Crippen molar-refractivity contribution in [3.8, 4) is 0 Å². The highest BCUT2D eigenvalue weighted by molar-refractivity contribution is 6.23. The maximum atomic E-state index is 13.4. The van der Waals surface area contributed by atoms with Crippen molar-refractivity contribution in [1.82, 2.24) is 0 Å². The van der Waals surface area contributed by atoms with Crippen LogP contribution in [0, 0.1) is 36.4 Å². The maximum Gasteiger partial charge on any atom is 0.238 e. The van der Waals surface area contributed by atoms with Crippen LogP contribution in [0.2, 0.25) is 0 Å². The van der Waals surface area contributed by atoms with Gasteiger partial charge in [-0.25, -0.2) is 4.39 Å². The van der Waals surface area contributed by atoms with Gasteiger partial charge in [0.2, 0.25) is 11.8 Å². The number of amides is 2. The van der Waals surface area contributed by atoms with Gasteiger partial charge >= 0.3 is 0 Å². The fourth-order valence-electron chi connectivity index (χ4n) is 4.41.